The molecular weight excluding hydrogens is 240 g/mol. The summed E-state index contributed by atoms with van der Waals surface area (Å²) in [5, 5.41) is 8.64. The van der Waals surface area contributed by atoms with Gasteiger partial charge >= 0.3 is 5.97 Å². The molecule has 2 aromatic carbocycles. The summed E-state index contributed by atoms with van der Waals surface area (Å²) < 4.78 is 5.33. The van der Waals surface area contributed by atoms with Gasteiger partial charge in [-0.3, -0.25) is 0 Å². The zero-order valence-corrected chi connectivity index (χ0v) is 10.5. The summed E-state index contributed by atoms with van der Waals surface area (Å²) in [4.78, 5) is 10.5. The zero-order chi connectivity index (χ0) is 13.7. The summed E-state index contributed by atoms with van der Waals surface area (Å²) in [7, 11) is 1.63. The van der Waals surface area contributed by atoms with Gasteiger partial charge in [-0.05, 0) is 29.3 Å². The van der Waals surface area contributed by atoms with Crippen molar-refractivity contribution in [2.75, 3.05) is 7.11 Å². The second-order valence-corrected chi connectivity index (χ2v) is 4.00. The Bertz CT molecular complexity index is 615. The number of carbonyl (C=O) groups is 1. The lowest BCUT2D eigenvalue weighted by Crippen LogP contribution is -1.88. The molecule has 3 heteroatoms. The van der Waals surface area contributed by atoms with Gasteiger partial charge in [0.2, 0.25) is 0 Å². The number of hydrogen-bond donors (Lipinski definition) is 1. The molecule has 0 fully saturated rings. The molecule has 19 heavy (non-hydrogen) atoms. The van der Waals surface area contributed by atoms with Crippen LogP contribution in [0.4, 0.5) is 0 Å². The van der Waals surface area contributed by atoms with E-state index in [1.165, 1.54) is 0 Å². The van der Waals surface area contributed by atoms with Crippen LogP contribution in [0.2, 0.25) is 0 Å². The van der Waals surface area contributed by atoms with Gasteiger partial charge in [-0.2, -0.15) is 0 Å². The third-order valence-electron chi connectivity index (χ3n) is 2.72. The lowest BCUT2D eigenvalue weighted by Gasteiger charge is -2.08. The summed E-state index contributed by atoms with van der Waals surface area (Å²) in [6, 6.07) is 15.4. The Morgan fingerprint density at radius 1 is 1.16 bits per heavy atom. The Morgan fingerprint density at radius 2 is 1.95 bits per heavy atom. The molecule has 0 heterocycles. The molecule has 3 nitrogen and oxygen atoms in total. The molecule has 0 saturated heterocycles. The van der Waals surface area contributed by atoms with Gasteiger partial charge in [-0.15, -0.1) is 0 Å². The zero-order valence-electron chi connectivity index (χ0n) is 10.5. The number of hydrogen-bond acceptors (Lipinski definition) is 2. The first-order valence-electron chi connectivity index (χ1n) is 5.85. The quantitative estimate of drug-likeness (QED) is 0.850. The molecule has 0 spiro atoms. The highest BCUT2D eigenvalue weighted by atomic mass is 16.5. The fourth-order valence-corrected chi connectivity index (χ4v) is 1.86. The van der Waals surface area contributed by atoms with Crippen LogP contribution in [0, 0.1) is 0 Å². The smallest absolute Gasteiger partial charge is 0.328 e. The minimum atomic E-state index is -0.956. The molecule has 0 aliphatic carbocycles. The summed E-state index contributed by atoms with van der Waals surface area (Å²) >= 11 is 0. The minimum Gasteiger partial charge on any atom is -0.496 e. The number of para-hydroxylation sites is 1. The number of benzene rings is 2. The normalized spacial score (nSPS) is 10.6. The fourth-order valence-electron chi connectivity index (χ4n) is 1.86. The highest BCUT2D eigenvalue weighted by Gasteiger charge is 2.04. The molecule has 2 aromatic rings. The summed E-state index contributed by atoms with van der Waals surface area (Å²) in [5.74, 6) is -0.162. The maximum absolute atomic E-state index is 10.5. The topological polar surface area (TPSA) is 46.5 Å². The van der Waals surface area contributed by atoms with Crippen molar-refractivity contribution in [1.29, 1.82) is 0 Å². The highest BCUT2D eigenvalue weighted by molar-refractivity contribution is 5.85. The minimum absolute atomic E-state index is 0.793. The van der Waals surface area contributed by atoms with Gasteiger partial charge in [-0.25, -0.2) is 4.79 Å². The van der Waals surface area contributed by atoms with E-state index in [2.05, 4.69) is 0 Å². The van der Waals surface area contributed by atoms with Crippen molar-refractivity contribution >= 4 is 12.0 Å². The molecule has 0 radical (unpaired) electrons. The molecule has 0 aliphatic heterocycles. The molecule has 0 aliphatic rings. The van der Waals surface area contributed by atoms with E-state index in [9.17, 15) is 4.79 Å². The maximum atomic E-state index is 10.5. The van der Waals surface area contributed by atoms with E-state index in [0.29, 0.717) is 0 Å². The fraction of sp³-hybridized carbons (Fsp3) is 0.0625. The van der Waals surface area contributed by atoms with Crippen molar-refractivity contribution in [1.82, 2.24) is 0 Å². The van der Waals surface area contributed by atoms with E-state index >= 15 is 0 Å². The summed E-state index contributed by atoms with van der Waals surface area (Å²) in [5.41, 5.74) is 2.81. The van der Waals surface area contributed by atoms with Crippen LogP contribution in [0.25, 0.3) is 17.2 Å². The van der Waals surface area contributed by atoms with Crippen LogP contribution in [-0.4, -0.2) is 18.2 Å². The predicted octanol–water partition coefficient (Wildman–Crippen LogP) is 3.46. The van der Waals surface area contributed by atoms with Crippen LogP contribution in [0.1, 0.15) is 5.56 Å². The first-order valence-corrected chi connectivity index (χ1v) is 5.85. The van der Waals surface area contributed by atoms with Crippen molar-refractivity contribution < 1.29 is 14.6 Å². The van der Waals surface area contributed by atoms with E-state index in [1.807, 2.05) is 48.5 Å². The van der Waals surface area contributed by atoms with Gasteiger partial charge < -0.3 is 9.84 Å². The van der Waals surface area contributed by atoms with E-state index in [0.717, 1.165) is 28.5 Å². The highest BCUT2D eigenvalue weighted by Crippen LogP contribution is 2.30. The predicted molar refractivity (Wildman–Crippen MR) is 75.1 cm³/mol. The molecule has 0 bridgehead atoms. The number of ether oxygens (including phenoxy) is 1. The van der Waals surface area contributed by atoms with Crippen molar-refractivity contribution in [2.45, 2.75) is 0 Å². The molecule has 0 amide bonds. The Balaban J connectivity index is 2.40. The Kier molecular flexibility index (Phi) is 3.98. The lowest BCUT2D eigenvalue weighted by molar-refractivity contribution is -0.131. The number of rotatable bonds is 4. The molecule has 2 rings (SSSR count). The van der Waals surface area contributed by atoms with Gasteiger partial charge in [0.05, 0.1) is 7.11 Å². The lowest BCUT2D eigenvalue weighted by atomic mass is 10.0. The van der Waals surface area contributed by atoms with Crippen LogP contribution >= 0.6 is 0 Å². The number of carboxylic acid groups (broad SMARTS) is 1. The maximum Gasteiger partial charge on any atom is 0.328 e. The molecule has 0 saturated carbocycles. The average molecular weight is 254 g/mol. The van der Waals surface area contributed by atoms with Gasteiger partial charge in [-0.1, -0.05) is 36.4 Å². The summed E-state index contributed by atoms with van der Waals surface area (Å²) in [6.07, 6.45) is 2.70. The third kappa shape index (κ3) is 3.22. The standard InChI is InChI=1S/C16H14O3/c1-19-15-8-3-2-7-14(15)13-6-4-5-12(11-13)9-10-16(17)18/h2-11H,1H3,(H,17,18)/b10-9+. The Labute approximate surface area is 111 Å². The largest absolute Gasteiger partial charge is 0.496 e. The number of aliphatic carboxylic acids is 1. The van der Waals surface area contributed by atoms with Crippen LogP contribution in [0.15, 0.2) is 54.6 Å². The summed E-state index contributed by atoms with van der Waals surface area (Å²) in [6.45, 7) is 0. The van der Waals surface area contributed by atoms with Gasteiger partial charge in [0, 0.05) is 11.6 Å². The molecule has 0 atom stereocenters. The third-order valence-corrected chi connectivity index (χ3v) is 2.72. The van der Waals surface area contributed by atoms with Gasteiger partial charge in [0.15, 0.2) is 0 Å². The average Bonchev–Trinajstić information content (AvgIpc) is 2.45. The van der Waals surface area contributed by atoms with Gasteiger partial charge in [0.1, 0.15) is 5.75 Å². The SMILES string of the molecule is COc1ccccc1-c1cccc(/C=C/C(=O)O)c1. The Morgan fingerprint density at radius 3 is 2.68 bits per heavy atom. The molecular formula is C16H14O3. The van der Waals surface area contributed by atoms with Crippen LogP contribution in [0.5, 0.6) is 5.75 Å². The number of methoxy groups -OCH3 is 1. The van der Waals surface area contributed by atoms with E-state index in [4.69, 9.17) is 9.84 Å². The monoisotopic (exact) mass is 254 g/mol. The second kappa shape index (κ2) is 5.87. The molecule has 96 valence electrons. The van der Waals surface area contributed by atoms with Crippen LogP contribution < -0.4 is 4.74 Å². The van der Waals surface area contributed by atoms with Crippen LogP contribution in [0.3, 0.4) is 0 Å². The first kappa shape index (κ1) is 12.9. The molecule has 0 aromatic heterocycles. The van der Waals surface area contributed by atoms with Crippen LogP contribution in [-0.2, 0) is 4.79 Å². The van der Waals surface area contributed by atoms with Crippen molar-refractivity contribution in [3.05, 3.63) is 60.2 Å². The van der Waals surface area contributed by atoms with Crippen molar-refractivity contribution in [3.63, 3.8) is 0 Å². The van der Waals surface area contributed by atoms with Crippen molar-refractivity contribution in [3.8, 4) is 16.9 Å². The Hall–Kier alpha value is -2.55. The van der Waals surface area contributed by atoms with Gasteiger partial charge in [0.25, 0.3) is 0 Å². The van der Waals surface area contributed by atoms with Crippen molar-refractivity contribution in [2.24, 2.45) is 0 Å². The second-order valence-electron chi connectivity index (χ2n) is 4.00. The molecule has 1 N–H and O–H groups in total. The van der Waals surface area contributed by atoms with E-state index in [1.54, 1.807) is 13.2 Å². The van der Waals surface area contributed by atoms with E-state index < -0.39 is 5.97 Å². The first-order chi connectivity index (χ1) is 9.20. The number of carboxylic acids is 1. The van der Waals surface area contributed by atoms with E-state index in [-0.39, 0.29) is 0 Å². The molecule has 0 unspecified atom stereocenters.